The lowest BCUT2D eigenvalue weighted by molar-refractivity contribution is 0.924. The minimum absolute atomic E-state index is 0.574. The minimum Gasteiger partial charge on any atom is -0.366 e. The highest BCUT2D eigenvalue weighted by Crippen LogP contribution is 2.21. The number of anilines is 1. The zero-order valence-electron chi connectivity index (χ0n) is 13.2. The summed E-state index contributed by atoms with van der Waals surface area (Å²) in [7, 11) is 0. The van der Waals surface area contributed by atoms with E-state index < -0.39 is 0 Å². The van der Waals surface area contributed by atoms with Gasteiger partial charge in [-0.15, -0.1) is 0 Å². The second-order valence-corrected chi connectivity index (χ2v) is 5.52. The molecule has 3 heterocycles. The van der Waals surface area contributed by atoms with E-state index in [4.69, 9.17) is 0 Å². The molecule has 0 unspecified atom stereocenters. The summed E-state index contributed by atoms with van der Waals surface area (Å²) in [6.45, 7) is 2.73. The highest BCUT2D eigenvalue weighted by molar-refractivity contribution is 5.65. The van der Waals surface area contributed by atoms with Crippen LogP contribution in [0.25, 0.3) is 17.0 Å². The van der Waals surface area contributed by atoms with Crippen molar-refractivity contribution in [3.63, 3.8) is 0 Å². The van der Waals surface area contributed by atoms with Crippen molar-refractivity contribution in [2.75, 3.05) is 5.32 Å². The van der Waals surface area contributed by atoms with Gasteiger partial charge in [-0.2, -0.15) is 14.6 Å². The molecule has 0 aliphatic rings. The third-order valence-electron chi connectivity index (χ3n) is 3.92. The summed E-state index contributed by atoms with van der Waals surface area (Å²) < 4.78 is 1.71. The maximum Gasteiger partial charge on any atom is 0.254 e. The Kier molecular flexibility index (Phi) is 3.63. The van der Waals surface area contributed by atoms with E-state index in [9.17, 15) is 0 Å². The number of nitrogens with one attached hydrogen (secondary N) is 1. The summed E-state index contributed by atoms with van der Waals surface area (Å²) in [5.74, 6) is 1.43. The Morgan fingerprint density at radius 2 is 2.00 bits per heavy atom. The standard InChI is InChI=1S/C18H16N6/c1-13-10-19-8-7-15(13)11-20-17-9-16(14-5-3-2-4-6-14)23-18-21-12-22-24(17)18/h2-10,12,20H,11H2,1H3. The van der Waals surface area contributed by atoms with E-state index in [1.807, 2.05) is 48.7 Å². The van der Waals surface area contributed by atoms with Gasteiger partial charge < -0.3 is 5.32 Å². The molecule has 0 fully saturated rings. The lowest BCUT2D eigenvalue weighted by Crippen LogP contribution is -2.07. The molecule has 1 aromatic carbocycles. The fraction of sp³-hybridized carbons (Fsp3) is 0.111. The Balaban J connectivity index is 1.71. The van der Waals surface area contributed by atoms with Crippen LogP contribution in [0, 0.1) is 6.92 Å². The molecule has 0 aliphatic heterocycles. The third kappa shape index (κ3) is 2.69. The number of aryl methyl sites for hydroxylation is 1. The number of benzene rings is 1. The highest BCUT2D eigenvalue weighted by Gasteiger charge is 2.09. The first-order chi connectivity index (χ1) is 11.8. The Bertz CT molecular complexity index is 977. The maximum atomic E-state index is 4.58. The van der Waals surface area contributed by atoms with Crippen molar-refractivity contribution in [3.8, 4) is 11.3 Å². The quantitative estimate of drug-likeness (QED) is 0.626. The van der Waals surface area contributed by atoms with Crippen LogP contribution in [0.15, 0.2) is 61.2 Å². The smallest absolute Gasteiger partial charge is 0.254 e. The monoisotopic (exact) mass is 316 g/mol. The first kappa shape index (κ1) is 14.3. The zero-order valence-corrected chi connectivity index (χ0v) is 13.2. The largest absolute Gasteiger partial charge is 0.366 e. The molecule has 6 heteroatoms. The van der Waals surface area contributed by atoms with Gasteiger partial charge >= 0.3 is 0 Å². The summed E-state index contributed by atoms with van der Waals surface area (Å²) in [6, 6.07) is 14.1. The Hall–Kier alpha value is -3.28. The summed E-state index contributed by atoms with van der Waals surface area (Å²) in [6.07, 6.45) is 5.18. The Morgan fingerprint density at radius 1 is 1.12 bits per heavy atom. The van der Waals surface area contributed by atoms with Crippen LogP contribution in [0.1, 0.15) is 11.1 Å². The molecule has 24 heavy (non-hydrogen) atoms. The number of aromatic nitrogens is 5. The van der Waals surface area contributed by atoms with Gasteiger partial charge in [-0.3, -0.25) is 4.98 Å². The molecule has 0 amide bonds. The third-order valence-corrected chi connectivity index (χ3v) is 3.92. The average molecular weight is 316 g/mol. The lowest BCUT2D eigenvalue weighted by atomic mass is 10.1. The van der Waals surface area contributed by atoms with E-state index in [2.05, 4.69) is 32.3 Å². The molecule has 0 saturated heterocycles. The number of nitrogens with zero attached hydrogens (tertiary/aromatic N) is 5. The van der Waals surface area contributed by atoms with E-state index >= 15 is 0 Å². The van der Waals surface area contributed by atoms with Gasteiger partial charge in [0.2, 0.25) is 0 Å². The molecule has 4 aromatic rings. The Labute approximate surface area is 139 Å². The van der Waals surface area contributed by atoms with Crippen LogP contribution < -0.4 is 5.32 Å². The van der Waals surface area contributed by atoms with Crippen molar-refractivity contribution in [2.45, 2.75) is 13.5 Å². The molecule has 0 spiro atoms. The van der Waals surface area contributed by atoms with Crippen LogP contribution in [-0.4, -0.2) is 24.6 Å². The first-order valence-electron chi connectivity index (χ1n) is 7.71. The van der Waals surface area contributed by atoms with Crippen molar-refractivity contribution in [3.05, 3.63) is 72.3 Å². The fourth-order valence-corrected chi connectivity index (χ4v) is 2.58. The molecule has 0 saturated carbocycles. The first-order valence-corrected chi connectivity index (χ1v) is 7.71. The molecule has 0 radical (unpaired) electrons. The molecular formula is C18H16N6. The van der Waals surface area contributed by atoms with Crippen LogP contribution in [-0.2, 0) is 6.54 Å². The molecule has 6 nitrogen and oxygen atoms in total. The summed E-state index contributed by atoms with van der Waals surface area (Å²) in [5.41, 5.74) is 4.25. The van der Waals surface area contributed by atoms with Crippen molar-refractivity contribution < 1.29 is 0 Å². The van der Waals surface area contributed by atoms with Crippen molar-refractivity contribution in [1.82, 2.24) is 24.6 Å². The molecule has 4 rings (SSSR count). The van der Waals surface area contributed by atoms with E-state index in [1.165, 1.54) is 11.9 Å². The number of hydrogen-bond donors (Lipinski definition) is 1. The van der Waals surface area contributed by atoms with E-state index in [0.717, 1.165) is 22.6 Å². The van der Waals surface area contributed by atoms with Gasteiger partial charge in [-0.05, 0) is 24.1 Å². The van der Waals surface area contributed by atoms with Crippen LogP contribution >= 0.6 is 0 Å². The highest BCUT2D eigenvalue weighted by atomic mass is 15.3. The molecule has 0 aliphatic carbocycles. The lowest BCUT2D eigenvalue weighted by Gasteiger charge is -2.11. The van der Waals surface area contributed by atoms with Gasteiger partial charge in [0.25, 0.3) is 5.78 Å². The predicted molar refractivity (Wildman–Crippen MR) is 92.5 cm³/mol. The topological polar surface area (TPSA) is 68.0 Å². The predicted octanol–water partition coefficient (Wildman–Crippen LogP) is 3.11. The number of rotatable bonds is 4. The normalized spacial score (nSPS) is 10.9. The number of hydrogen-bond acceptors (Lipinski definition) is 5. The number of pyridine rings is 1. The van der Waals surface area contributed by atoms with Gasteiger partial charge in [-0.25, -0.2) is 4.98 Å². The maximum absolute atomic E-state index is 4.58. The van der Waals surface area contributed by atoms with Gasteiger partial charge in [0.15, 0.2) is 0 Å². The van der Waals surface area contributed by atoms with Crippen LogP contribution in [0.2, 0.25) is 0 Å². The minimum atomic E-state index is 0.574. The SMILES string of the molecule is Cc1cnccc1CNc1cc(-c2ccccc2)nc2ncnn12. The molecule has 0 atom stereocenters. The van der Waals surface area contributed by atoms with E-state index in [0.29, 0.717) is 12.3 Å². The van der Waals surface area contributed by atoms with Crippen molar-refractivity contribution in [1.29, 1.82) is 0 Å². The number of fused-ring (bicyclic) bond motifs is 1. The van der Waals surface area contributed by atoms with Gasteiger partial charge in [0, 0.05) is 30.6 Å². The summed E-state index contributed by atoms with van der Waals surface area (Å²) in [4.78, 5) is 12.9. The van der Waals surface area contributed by atoms with Crippen molar-refractivity contribution in [2.24, 2.45) is 0 Å². The second-order valence-electron chi connectivity index (χ2n) is 5.52. The average Bonchev–Trinajstić information content (AvgIpc) is 3.10. The van der Waals surface area contributed by atoms with E-state index in [1.54, 1.807) is 10.7 Å². The van der Waals surface area contributed by atoms with Crippen LogP contribution in [0.4, 0.5) is 5.82 Å². The van der Waals surface area contributed by atoms with Crippen LogP contribution in [0.5, 0.6) is 0 Å². The molecule has 1 N–H and O–H groups in total. The summed E-state index contributed by atoms with van der Waals surface area (Å²) in [5, 5.41) is 7.69. The van der Waals surface area contributed by atoms with Gasteiger partial charge in [0.1, 0.15) is 12.1 Å². The second kappa shape index (κ2) is 6.08. The van der Waals surface area contributed by atoms with E-state index in [-0.39, 0.29) is 0 Å². The fourth-order valence-electron chi connectivity index (χ4n) is 2.58. The van der Waals surface area contributed by atoms with Gasteiger partial charge in [-0.1, -0.05) is 30.3 Å². The Morgan fingerprint density at radius 3 is 2.83 bits per heavy atom. The zero-order chi connectivity index (χ0) is 16.4. The van der Waals surface area contributed by atoms with Gasteiger partial charge in [0.05, 0.1) is 5.69 Å². The van der Waals surface area contributed by atoms with Crippen molar-refractivity contribution >= 4 is 11.6 Å². The molecule has 3 aromatic heterocycles. The molecular weight excluding hydrogens is 300 g/mol. The molecule has 118 valence electrons. The molecule has 0 bridgehead atoms. The summed E-state index contributed by atoms with van der Waals surface area (Å²) >= 11 is 0. The van der Waals surface area contributed by atoms with Crippen LogP contribution in [0.3, 0.4) is 0 Å².